The first-order valence-electron chi connectivity index (χ1n) is 8.96. The zero-order valence-corrected chi connectivity index (χ0v) is 17.7. The SMILES string of the molecule is CCNS(=O)(=O)c1ccc(C)c(C(=O)Nc2cccc(C#Cc3cccs3)c2)c1. The van der Waals surface area contributed by atoms with E-state index >= 15 is 0 Å². The molecule has 0 radical (unpaired) electrons. The number of amides is 1. The molecule has 0 bridgehead atoms. The molecule has 3 aromatic rings. The van der Waals surface area contributed by atoms with Crippen molar-refractivity contribution in [2.75, 3.05) is 11.9 Å². The minimum atomic E-state index is -3.64. The number of nitrogens with one attached hydrogen (secondary N) is 2. The van der Waals surface area contributed by atoms with E-state index in [1.165, 1.54) is 12.1 Å². The average Bonchev–Trinajstić information content (AvgIpc) is 3.20. The lowest BCUT2D eigenvalue weighted by molar-refractivity contribution is 0.102. The summed E-state index contributed by atoms with van der Waals surface area (Å²) in [6.45, 7) is 3.74. The third-order valence-corrected chi connectivity index (χ3v) is 6.40. The molecule has 1 heterocycles. The first kappa shape index (κ1) is 20.8. The van der Waals surface area contributed by atoms with Crippen LogP contribution in [0.5, 0.6) is 0 Å². The average molecular weight is 425 g/mol. The number of sulfonamides is 1. The monoisotopic (exact) mass is 424 g/mol. The molecule has 0 unspecified atom stereocenters. The van der Waals surface area contributed by atoms with Gasteiger partial charge in [-0.2, -0.15) is 0 Å². The normalized spacial score (nSPS) is 10.8. The van der Waals surface area contributed by atoms with E-state index in [9.17, 15) is 13.2 Å². The first-order valence-corrected chi connectivity index (χ1v) is 11.3. The summed E-state index contributed by atoms with van der Waals surface area (Å²) < 4.78 is 26.9. The number of hydrogen-bond donors (Lipinski definition) is 2. The van der Waals surface area contributed by atoms with E-state index in [1.54, 1.807) is 43.4 Å². The molecule has 3 rings (SSSR count). The van der Waals surface area contributed by atoms with Crippen molar-refractivity contribution in [1.29, 1.82) is 0 Å². The van der Waals surface area contributed by atoms with Crippen molar-refractivity contribution in [1.82, 2.24) is 4.72 Å². The number of thiophene rings is 1. The fourth-order valence-corrected chi connectivity index (χ4v) is 4.28. The van der Waals surface area contributed by atoms with Crippen molar-refractivity contribution < 1.29 is 13.2 Å². The van der Waals surface area contributed by atoms with Gasteiger partial charge >= 0.3 is 0 Å². The highest BCUT2D eigenvalue weighted by atomic mass is 32.2. The van der Waals surface area contributed by atoms with Gasteiger partial charge in [-0.25, -0.2) is 13.1 Å². The lowest BCUT2D eigenvalue weighted by Crippen LogP contribution is -2.24. The summed E-state index contributed by atoms with van der Waals surface area (Å²) in [4.78, 5) is 13.8. The van der Waals surface area contributed by atoms with Crippen molar-refractivity contribution in [3.05, 3.63) is 81.5 Å². The number of anilines is 1. The number of carbonyl (C=O) groups is 1. The number of benzene rings is 2. The Morgan fingerprint density at radius 1 is 1.07 bits per heavy atom. The van der Waals surface area contributed by atoms with E-state index in [2.05, 4.69) is 21.9 Å². The molecule has 2 N–H and O–H groups in total. The molecule has 1 amide bonds. The van der Waals surface area contributed by atoms with E-state index in [4.69, 9.17) is 0 Å². The van der Waals surface area contributed by atoms with Crippen molar-refractivity contribution >= 4 is 33.0 Å². The van der Waals surface area contributed by atoms with Crippen LogP contribution in [0.1, 0.15) is 33.3 Å². The van der Waals surface area contributed by atoms with Crippen molar-refractivity contribution in [3.8, 4) is 11.8 Å². The smallest absolute Gasteiger partial charge is 0.255 e. The number of rotatable bonds is 5. The van der Waals surface area contributed by atoms with Crippen LogP contribution in [0.2, 0.25) is 0 Å². The van der Waals surface area contributed by atoms with Crippen LogP contribution in [0.3, 0.4) is 0 Å². The van der Waals surface area contributed by atoms with Gasteiger partial charge in [0.2, 0.25) is 10.0 Å². The standard InChI is InChI=1S/C22H20N2O3S2/c1-3-23-29(26,27)20-12-9-16(2)21(15-20)22(25)24-18-7-4-6-17(14-18)10-11-19-8-5-13-28-19/h4-9,12-15,23H,3H2,1-2H3,(H,24,25). The summed E-state index contributed by atoms with van der Waals surface area (Å²) in [5.41, 5.74) is 2.36. The molecule has 2 aromatic carbocycles. The maximum Gasteiger partial charge on any atom is 0.255 e. The Bertz CT molecular complexity index is 1190. The van der Waals surface area contributed by atoms with Gasteiger partial charge in [0.1, 0.15) is 0 Å². The predicted octanol–water partition coefficient (Wildman–Crippen LogP) is 4.01. The third kappa shape index (κ3) is 5.33. The zero-order valence-electron chi connectivity index (χ0n) is 16.0. The van der Waals surface area contributed by atoms with Gasteiger partial charge in [-0.3, -0.25) is 4.79 Å². The Morgan fingerprint density at radius 2 is 1.90 bits per heavy atom. The second-order valence-electron chi connectivity index (χ2n) is 6.24. The van der Waals surface area contributed by atoms with Crippen LogP contribution in [-0.2, 0) is 10.0 Å². The summed E-state index contributed by atoms with van der Waals surface area (Å²) in [5.74, 6) is 5.78. The predicted molar refractivity (Wildman–Crippen MR) is 117 cm³/mol. The summed E-state index contributed by atoms with van der Waals surface area (Å²) in [7, 11) is -3.64. The molecule has 0 spiro atoms. The van der Waals surface area contributed by atoms with Crippen LogP contribution in [0, 0.1) is 18.8 Å². The molecule has 5 nitrogen and oxygen atoms in total. The molecular weight excluding hydrogens is 404 g/mol. The fraction of sp³-hybridized carbons (Fsp3) is 0.136. The van der Waals surface area contributed by atoms with Crippen molar-refractivity contribution in [2.24, 2.45) is 0 Å². The molecule has 0 aliphatic carbocycles. The van der Waals surface area contributed by atoms with Crippen LogP contribution in [0.25, 0.3) is 0 Å². The Hall–Kier alpha value is -2.92. The maximum atomic E-state index is 12.8. The highest BCUT2D eigenvalue weighted by molar-refractivity contribution is 7.89. The Labute approximate surface area is 174 Å². The summed E-state index contributed by atoms with van der Waals surface area (Å²) in [6.07, 6.45) is 0. The van der Waals surface area contributed by atoms with Crippen LogP contribution in [0.4, 0.5) is 5.69 Å². The minimum Gasteiger partial charge on any atom is -0.322 e. The maximum absolute atomic E-state index is 12.8. The van der Waals surface area contributed by atoms with Gasteiger partial charge in [0.15, 0.2) is 0 Å². The molecule has 0 fully saturated rings. The molecule has 1 aromatic heterocycles. The van der Waals surface area contributed by atoms with Gasteiger partial charge in [0, 0.05) is 23.4 Å². The fourth-order valence-electron chi connectivity index (χ4n) is 2.64. The van der Waals surface area contributed by atoms with Gasteiger partial charge < -0.3 is 5.32 Å². The largest absolute Gasteiger partial charge is 0.322 e. The highest BCUT2D eigenvalue weighted by Gasteiger charge is 2.17. The molecular formula is C22H20N2O3S2. The van der Waals surface area contributed by atoms with E-state index in [0.29, 0.717) is 16.8 Å². The number of hydrogen-bond acceptors (Lipinski definition) is 4. The van der Waals surface area contributed by atoms with Crippen molar-refractivity contribution in [2.45, 2.75) is 18.7 Å². The van der Waals surface area contributed by atoms with Gasteiger partial charge in [-0.15, -0.1) is 11.3 Å². The van der Waals surface area contributed by atoms with Crippen LogP contribution < -0.4 is 10.0 Å². The number of aryl methyl sites for hydroxylation is 1. The lowest BCUT2D eigenvalue weighted by atomic mass is 10.1. The second kappa shape index (κ2) is 9.05. The molecule has 0 saturated heterocycles. The number of carbonyl (C=O) groups excluding carboxylic acids is 1. The summed E-state index contributed by atoms with van der Waals surface area (Å²) in [5, 5.41) is 4.79. The van der Waals surface area contributed by atoms with Crippen LogP contribution in [0.15, 0.2) is 64.9 Å². The summed E-state index contributed by atoms with van der Waals surface area (Å²) >= 11 is 1.56. The minimum absolute atomic E-state index is 0.0608. The third-order valence-electron chi connectivity index (χ3n) is 4.07. The lowest BCUT2D eigenvalue weighted by Gasteiger charge is -2.11. The van der Waals surface area contributed by atoms with Gasteiger partial charge in [-0.1, -0.05) is 37.0 Å². The molecule has 0 atom stereocenters. The molecule has 29 heavy (non-hydrogen) atoms. The molecule has 0 aliphatic heterocycles. The van der Waals surface area contributed by atoms with E-state index in [-0.39, 0.29) is 17.3 Å². The quantitative estimate of drug-likeness (QED) is 0.608. The van der Waals surface area contributed by atoms with Crippen LogP contribution in [-0.4, -0.2) is 20.9 Å². The molecule has 0 aliphatic rings. The molecule has 0 saturated carbocycles. The Kier molecular flexibility index (Phi) is 6.49. The topological polar surface area (TPSA) is 75.3 Å². The van der Waals surface area contributed by atoms with Crippen LogP contribution >= 0.6 is 11.3 Å². The Morgan fingerprint density at radius 3 is 2.62 bits per heavy atom. The van der Waals surface area contributed by atoms with Gasteiger partial charge in [0.05, 0.1) is 9.77 Å². The van der Waals surface area contributed by atoms with Gasteiger partial charge in [0.25, 0.3) is 5.91 Å². The van der Waals surface area contributed by atoms with Gasteiger partial charge in [-0.05, 0) is 54.3 Å². The zero-order chi connectivity index (χ0) is 20.9. The van der Waals surface area contributed by atoms with E-state index in [0.717, 1.165) is 10.4 Å². The first-order chi connectivity index (χ1) is 13.9. The Balaban J connectivity index is 1.83. The summed E-state index contributed by atoms with van der Waals surface area (Å²) in [6, 6.07) is 15.6. The van der Waals surface area contributed by atoms with E-state index < -0.39 is 10.0 Å². The highest BCUT2D eigenvalue weighted by Crippen LogP contribution is 2.18. The van der Waals surface area contributed by atoms with E-state index in [1.807, 2.05) is 29.6 Å². The van der Waals surface area contributed by atoms with Crippen molar-refractivity contribution in [3.63, 3.8) is 0 Å². The second-order valence-corrected chi connectivity index (χ2v) is 8.95. The molecule has 148 valence electrons. The molecule has 7 heteroatoms.